The third-order valence-electron chi connectivity index (χ3n) is 8.29. The van der Waals surface area contributed by atoms with E-state index in [4.69, 9.17) is 0 Å². The molecule has 3 aromatic rings. The van der Waals surface area contributed by atoms with Gasteiger partial charge in [-0.2, -0.15) is 0 Å². The largest absolute Gasteiger partial charge is 0.361 e. The third-order valence-corrected chi connectivity index (χ3v) is 9.36. The van der Waals surface area contributed by atoms with E-state index in [0.29, 0.717) is 17.9 Å². The zero-order valence-electron chi connectivity index (χ0n) is 20.0. The van der Waals surface area contributed by atoms with E-state index in [0.717, 1.165) is 53.8 Å². The molecule has 0 saturated heterocycles. The Labute approximate surface area is 210 Å². The van der Waals surface area contributed by atoms with E-state index < -0.39 is 0 Å². The molecular weight excluding hydrogens is 454 g/mol. The van der Waals surface area contributed by atoms with Crippen molar-refractivity contribution >= 4 is 34.5 Å². The standard InChI is InChI=1S/C29H33N3O2S/c33-27(32-29-14-19-11-20(15-29)13-21(12-19)16-29)18-35-26-8-4-2-6-24(26)28(34)30-10-9-22-17-31-25-7-3-1-5-23(22)25/h1-8,17,19-21,31H,9-16,18H2,(H,30,34)(H,32,33). The Bertz CT molecular complexity index is 1210. The third kappa shape index (κ3) is 4.73. The summed E-state index contributed by atoms with van der Waals surface area (Å²) in [6.45, 7) is 0.562. The number of carbonyl (C=O) groups excluding carboxylic acids is 2. The molecule has 0 spiro atoms. The monoisotopic (exact) mass is 487 g/mol. The molecular formula is C29H33N3O2S. The lowest BCUT2D eigenvalue weighted by Crippen LogP contribution is -2.60. The average molecular weight is 488 g/mol. The molecule has 2 amide bonds. The minimum absolute atomic E-state index is 0.0334. The predicted molar refractivity (Wildman–Crippen MR) is 141 cm³/mol. The SMILES string of the molecule is O=C(CSc1ccccc1C(=O)NCCc1c[nH]c2ccccc12)NC12CC3CC(CC(C3)C1)C2. The molecule has 0 unspecified atom stereocenters. The highest BCUT2D eigenvalue weighted by Gasteiger charge is 2.51. The van der Waals surface area contributed by atoms with Crippen molar-refractivity contribution in [2.45, 2.75) is 55.4 Å². The van der Waals surface area contributed by atoms with Crippen molar-refractivity contribution in [3.05, 3.63) is 65.9 Å². The molecule has 4 fully saturated rings. The van der Waals surface area contributed by atoms with Crippen LogP contribution in [0.3, 0.4) is 0 Å². The van der Waals surface area contributed by atoms with Crippen molar-refractivity contribution in [3.63, 3.8) is 0 Å². The lowest BCUT2D eigenvalue weighted by Gasteiger charge is -2.56. The van der Waals surface area contributed by atoms with Crippen molar-refractivity contribution in [3.8, 4) is 0 Å². The van der Waals surface area contributed by atoms with Crippen LogP contribution in [-0.4, -0.2) is 34.6 Å². The number of aromatic amines is 1. The molecule has 0 radical (unpaired) electrons. The molecule has 4 aliphatic rings. The number of aromatic nitrogens is 1. The number of H-pyrrole nitrogens is 1. The Kier molecular flexibility index (Phi) is 6.09. The van der Waals surface area contributed by atoms with Crippen LogP contribution in [0.5, 0.6) is 0 Å². The zero-order valence-corrected chi connectivity index (χ0v) is 20.8. The molecule has 3 N–H and O–H groups in total. The van der Waals surface area contributed by atoms with Crippen LogP contribution >= 0.6 is 11.8 Å². The van der Waals surface area contributed by atoms with Gasteiger partial charge in [-0.1, -0.05) is 30.3 Å². The highest BCUT2D eigenvalue weighted by Crippen LogP contribution is 2.55. The van der Waals surface area contributed by atoms with Crippen molar-refractivity contribution in [1.82, 2.24) is 15.6 Å². The number of benzene rings is 2. The maximum absolute atomic E-state index is 13.0. The van der Waals surface area contributed by atoms with E-state index in [1.807, 2.05) is 42.6 Å². The Balaban J connectivity index is 1.04. The highest BCUT2D eigenvalue weighted by molar-refractivity contribution is 8.00. The van der Waals surface area contributed by atoms with E-state index in [2.05, 4.69) is 27.8 Å². The van der Waals surface area contributed by atoms with Gasteiger partial charge in [-0.05, 0) is 86.5 Å². The second kappa shape index (κ2) is 9.38. The molecule has 2 aromatic carbocycles. The fraction of sp³-hybridized carbons (Fsp3) is 0.448. The lowest BCUT2D eigenvalue weighted by atomic mass is 9.53. The Morgan fingerprint density at radius 2 is 1.63 bits per heavy atom. The number of thioether (sulfide) groups is 1. The summed E-state index contributed by atoms with van der Waals surface area (Å²) in [6.07, 6.45) is 10.4. The van der Waals surface area contributed by atoms with Crippen LogP contribution in [-0.2, 0) is 11.2 Å². The number of fused-ring (bicyclic) bond motifs is 1. The Hall–Kier alpha value is -2.73. The van der Waals surface area contributed by atoms with Gasteiger partial charge in [0.2, 0.25) is 5.91 Å². The molecule has 35 heavy (non-hydrogen) atoms. The van der Waals surface area contributed by atoms with Crippen LogP contribution in [0, 0.1) is 17.8 Å². The summed E-state index contributed by atoms with van der Waals surface area (Å²) in [4.78, 5) is 30.1. The van der Waals surface area contributed by atoms with E-state index >= 15 is 0 Å². The number of para-hydroxylation sites is 1. The van der Waals surface area contributed by atoms with Gasteiger partial charge in [-0.25, -0.2) is 0 Å². The number of nitrogens with one attached hydrogen (secondary N) is 3. The maximum atomic E-state index is 13.0. The maximum Gasteiger partial charge on any atom is 0.252 e. The van der Waals surface area contributed by atoms with Crippen molar-refractivity contribution < 1.29 is 9.59 Å². The van der Waals surface area contributed by atoms with Crippen LogP contribution in [0.1, 0.15) is 54.4 Å². The smallest absolute Gasteiger partial charge is 0.252 e. The molecule has 182 valence electrons. The summed E-state index contributed by atoms with van der Waals surface area (Å²) in [6, 6.07) is 15.8. The zero-order chi connectivity index (χ0) is 23.8. The topological polar surface area (TPSA) is 74.0 Å². The molecule has 6 heteroatoms. The Morgan fingerprint density at radius 3 is 2.40 bits per heavy atom. The number of amides is 2. The molecule has 0 atom stereocenters. The summed E-state index contributed by atoms with van der Waals surface area (Å²) in [5.41, 5.74) is 2.98. The summed E-state index contributed by atoms with van der Waals surface area (Å²) in [5, 5.41) is 7.71. The van der Waals surface area contributed by atoms with E-state index in [9.17, 15) is 9.59 Å². The number of rotatable bonds is 8. The molecule has 1 heterocycles. The van der Waals surface area contributed by atoms with Gasteiger partial charge in [0, 0.05) is 34.1 Å². The normalized spacial score (nSPS) is 26.7. The van der Waals surface area contributed by atoms with Gasteiger partial charge in [-0.3, -0.25) is 9.59 Å². The molecule has 1 aromatic heterocycles. The van der Waals surface area contributed by atoms with Gasteiger partial charge < -0.3 is 15.6 Å². The van der Waals surface area contributed by atoms with Gasteiger partial charge in [0.15, 0.2) is 0 Å². The van der Waals surface area contributed by atoms with E-state index in [1.165, 1.54) is 42.0 Å². The number of hydrogen-bond acceptors (Lipinski definition) is 3. The first-order valence-electron chi connectivity index (χ1n) is 12.9. The van der Waals surface area contributed by atoms with Crippen molar-refractivity contribution in [2.75, 3.05) is 12.3 Å². The van der Waals surface area contributed by atoms with Gasteiger partial charge in [0.1, 0.15) is 0 Å². The van der Waals surface area contributed by atoms with Crippen molar-refractivity contribution in [1.29, 1.82) is 0 Å². The van der Waals surface area contributed by atoms with Crippen LogP contribution in [0.25, 0.3) is 10.9 Å². The first-order chi connectivity index (χ1) is 17.1. The molecule has 5 nitrogen and oxygen atoms in total. The van der Waals surface area contributed by atoms with Gasteiger partial charge >= 0.3 is 0 Å². The molecule has 4 saturated carbocycles. The fourth-order valence-corrected chi connectivity index (χ4v) is 8.11. The van der Waals surface area contributed by atoms with Crippen LogP contribution in [0.15, 0.2) is 59.6 Å². The average Bonchev–Trinajstić information content (AvgIpc) is 3.25. The number of carbonyl (C=O) groups is 2. The van der Waals surface area contributed by atoms with Crippen LogP contribution in [0.2, 0.25) is 0 Å². The highest BCUT2D eigenvalue weighted by atomic mass is 32.2. The van der Waals surface area contributed by atoms with Gasteiger partial charge in [-0.15, -0.1) is 11.8 Å². The van der Waals surface area contributed by atoms with Gasteiger partial charge in [0.25, 0.3) is 5.91 Å². The summed E-state index contributed by atoms with van der Waals surface area (Å²) in [7, 11) is 0. The van der Waals surface area contributed by atoms with Crippen LogP contribution < -0.4 is 10.6 Å². The lowest BCUT2D eigenvalue weighted by molar-refractivity contribution is -0.124. The quantitative estimate of drug-likeness (QED) is 0.377. The second-order valence-corrected chi connectivity index (χ2v) is 11.9. The second-order valence-electron chi connectivity index (χ2n) is 10.9. The molecule has 0 aliphatic heterocycles. The van der Waals surface area contributed by atoms with Crippen LogP contribution in [0.4, 0.5) is 0 Å². The minimum atomic E-state index is -0.0885. The molecule has 4 bridgehead atoms. The minimum Gasteiger partial charge on any atom is -0.361 e. The molecule has 4 aliphatic carbocycles. The molecule has 7 rings (SSSR count). The number of hydrogen-bond donors (Lipinski definition) is 3. The first kappa shape index (κ1) is 22.7. The first-order valence-corrected chi connectivity index (χ1v) is 13.9. The van der Waals surface area contributed by atoms with Crippen molar-refractivity contribution in [2.24, 2.45) is 17.8 Å². The summed E-state index contributed by atoms with van der Waals surface area (Å²) in [5.74, 6) is 2.79. The predicted octanol–water partition coefficient (Wildman–Crippen LogP) is 5.32. The van der Waals surface area contributed by atoms with E-state index in [1.54, 1.807) is 0 Å². The van der Waals surface area contributed by atoms with Gasteiger partial charge in [0.05, 0.1) is 11.3 Å². The summed E-state index contributed by atoms with van der Waals surface area (Å²) < 4.78 is 0. The Morgan fingerprint density at radius 1 is 0.943 bits per heavy atom. The summed E-state index contributed by atoms with van der Waals surface area (Å²) >= 11 is 1.47. The van der Waals surface area contributed by atoms with E-state index in [-0.39, 0.29) is 17.4 Å². The fourth-order valence-electron chi connectivity index (χ4n) is 7.26.